The Kier molecular flexibility index (Phi) is 8.23. The monoisotopic (exact) mass is 607 g/mol. The molecule has 2 aromatic carbocycles. The van der Waals surface area contributed by atoms with E-state index in [9.17, 15) is 19.2 Å². The second kappa shape index (κ2) is 11.9. The number of carbonyl (C=O) groups excluding carboxylic acids is 3. The molecule has 0 radical (unpaired) electrons. The van der Waals surface area contributed by atoms with Gasteiger partial charge in [-0.2, -0.15) is 0 Å². The number of carboxylic acid groups (broad SMARTS) is 1. The van der Waals surface area contributed by atoms with E-state index in [0.717, 1.165) is 0 Å². The molecule has 0 spiro atoms. The number of halogens is 1. The molecule has 1 saturated heterocycles. The van der Waals surface area contributed by atoms with Gasteiger partial charge in [0.25, 0.3) is 0 Å². The first kappa shape index (κ1) is 29.8. The van der Waals surface area contributed by atoms with Crippen molar-refractivity contribution in [3.8, 4) is 5.75 Å². The van der Waals surface area contributed by atoms with Crippen molar-refractivity contribution in [2.75, 3.05) is 19.6 Å². The van der Waals surface area contributed by atoms with E-state index in [1.165, 1.54) is 28.1 Å². The minimum absolute atomic E-state index is 0.135. The molecule has 224 valence electrons. The van der Waals surface area contributed by atoms with Crippen LogP contribution in [-0.4, -0.2) is 74.8 Å². The van der Waals surface area contributed by atoms with E-state index in [1.54, 1.807) is 36.4 Å². The van der Waals surface area contributed by atoms with Crippen LogP contribution in [0.2, 0.25) is 5.02 Å². The predicted octanol–water partition coefficient (Wildman–Crippen LogP) is 4.26. The van der Waals surface area contributed by atoms with Gasteiger partial charge in [-0.3, -0.25) is 24.3 Å². The molecule has 3 amide bonds. The number of aliphatic carboxylic acids is 1. The van der Waals surface area contributed by atoms with Gasteiger partial charge in [-0.05, 0) is 50.6 Å². The largest absolute Gasteiger partial charge is 0.487 e. The molecular formula is C30H30ClN5O7. The van der Waals surface area contributed by atoms with Gasteiger partial charge < -0.3 is 24.6 Å². The maximum atomic E-state index is 14.3. The number of hydrogen-bond donors (Lipinski definition) is 2. The zero-order valence-electron chi connectivity index (χ0n) is 23.7. The average Bonchev–Trinajstić information content (AvgIpc) is 3.60. The molecule has 2 atom stereocenters. The lowest BCUT2D eigenvalue weighted by atomic mass is 9.97. The number of nitrogens with zero attached hydrogens (tertiary/aromatic N) is 4. The van der Waals surface area contributed by atoms with Crippen molar-refractivity contribution < 1.29 is 33.5 Å². The highest BCUT2D eigenvalue weighted by Gasteiger charge is 2.46. The average molecular weight is 608 g/mol. The van der Waals surface area contributed by atoms with Crippen LogP contribution in [-0.2, 0) is 9.59 Å². The molecule has 12 nitrogen and oxygen atoms in total. The van der Waals surface area contributed by atoms with E-state index in [-0.39, 0.29) is 36.1 Å². The fourth-order valence-electron chi connectivity index (χ4n) is 5.02. The quantitative estimate of drug-likeness (QED) is 0.298. The molecule has 43 heavy (non-hydrogen) atoms. The summed E-state index contributed by atoms with van der Waals surface area (Å²) in [5.41, 5.74) is 0.487. The number of nitrogens with one attached hydrogen (secondary N) is 1. The zero-order chi connectivity index (χ0) is 30.9. The Bertz CT molecular complexity index is 1580. The molecule has 2 unspecified atom stereocenters. The van der Waals surface area contributed by atoms with Gasteiger partial charge in [-0.25, -0.2) is 4.79 Å². The second-order valence-electron chi connectivity index (χ2n) is 11.2. The lowest BCUT2D eigenvalue weighted by Gasteiger charge is -2.35. The number of piperazine rings is 1. The third kappa shape index (κ3) is 6.54. The number of carbonyl (C=O) groups is 4. The van der Waals surface area contributed by atoms with E-state index >= 15 is 0 Å². The smallest absolute Gasteiger partial charge is 0.326 e. The summed E-state index contributed by atoms with van der Waals surface area (Å²) < 4.78 is 11.8. The topological polar surface area (TPSA) is 155 Å². The van der Waals surface area contributed by atoms with Crippen LogP contribution in [0.5, 0.6) is 5.75 Å². The second-order valence-corrected chi connectivity index (χ2v) is 11.6. The molecule has 13 heteroatoms. The molecule has 0 bridgehead atoms. The highest BCUT2D eigenvalue weighted by molar-refractivity contribution is 6.30. The van der Waals surface area contributed by atoms with Gasteiger partial charge in [0.1, 0.15) is 36.2 Å². The van der Waals surface area contributed by atoms with E-state index in [4.69, 9.17) is 31.0 Å². The fraction of sp³-hybridized carbons (Fsp3) is 0.333. The third-order valence-corrected chi connectivity index (χ3v) is 7.07. The number of aromatic nitrogens is 1. The first-order chi connectivity index (χ1) is 20.4. The molecule has 3 heterocycles. The first-order valence-electron chi connectivity index (χ1n) is 13.6. The van der Waals surface area contributed by atoms with Crippen molar-refractivity contribution in [3.63, 3.8) is 0 Å². The van der Waals surface area contributed by atoms with Crippen molar-refractivity contribution in [3.05, 3.63) is 82.2 Å². The van der Waals surface area contributed by atoms with Crippen molar-refractivity contribution in [1.82, 2.24) is 20.3 Å². The summed E-state index contributed by atoms with van der Waals surface area (Å²) in [7, 11) is 0. The summed E-state index contributed by atoms with van der Waals surface area (Å²) in [4.78, 5) is 58.5. The van der Waals surface area contributed by atoms with E-state index in [2.05, 4.69) is 10.5 Å². The summed E-state index contributed by atoms with van der Waals surface area (Å²) in [6.45, 7) is 5.90. The molecular weight excluding hydrogens is 578 g/mol. The Labute approximate surface area is 252 Å². The molecule has 0 aliphatic carbocycles. The summed E-state index contributed by atoms with van der Waals surface area (Å²) in [6, 6.07) is 11.3. The van der Waals surface area contributed by atoms with Crippen LogP contribution in [0.3, 0.4) is 0 Å². The molecule has 1 fully saturated rings. The maximum Gasteiger partial charge on any atom is 0.326 e. The summed E-state index contributed by atoms with van der Waals surface area (Å²) in [5, 5.41) is 16.3. The minimum Gasteiger partial charge on any atom is -0.487 e. The number of amidine groups is 1. The van der Waals surface area contributed by atoms with Crippen molar-refractivity contribution in [1.29, 1.82) is 0 Å². The van der Waals surface area contributed by atoms with E-state index < -0.39 is 41.9 Å². The zero-order valence-corrected chi connectivity index (χ0v) is 24.5. The van der Waals surface area contributed by atoms with Crippen LogP contribution in [0.25, 0.3) is 0 Å². The van der Waals surface area contributed by atoms with E-state index in [1.807, 2.05) is 20.8 Å². The maximum absolute atomic E-state index is 14.3. The lowest BCUT2D eigenvalue weighted by Crippen LogP contribution is -2.55. The molecule has 2 aliphatic heterocycles. The fourth-order valence-corrected chi connectivity index (χ4v) is 5.15. The number of benzene rings is 2. The SMILES string of the molecule is CC(C)(C)Oc1cc(C(=O)CC(=O)O)ccc1C1=NC(c2ccno2)C(c2ccc(Cl)cc2)N1C(=O)N1CCNC(=O)C1. The molecule has 1 aromatic heterocycles. The Morgan fingerprint density at radius 1 is 1.14 bits per heavy atom. The van der Waals surface area contributed by atoms with Crippen LogP contribution in [0, 0.1) is 0 Å². The van der Waals surface area contributed by atoms with Crippen LogP contribution >= 0.6 is 11.6 Å². The third-order valence-electron chi connectivity index (χ3n) is 6.81. The number of amides is 3. The molecule has 5 rings (SSSR count). The predicted molar refractivity (Wildman–Crippen MR) is 155 cm³/mol. The first-order valence-corrected chi connectivity index (χ1v) is 14.0. The van der Waals surface area contributed by atoms with Crippen molar-refractivity contribution in [2.45, 2.75) is 44.9 Å². The van der Waals surface area contributed by atoms with Gasteiger partial charge in [-0.15, -0.1) is 0 Å². The Morgan fingerprint density at radius 3 is 2.51 bits per heavy atom. The van der Waals surface area contributed by atoms with Crippen molar-refractivity contribution >= 4 is 41.1 Å². The van der Waals surface area contributed by atoms with E-state index in [0.29, 0.717) is 28.5 Å². The standard InChI is InChI=1S/C30H30ClN5O7/c1-30(2,3)42-23-14-18(21(37)15-25(39)40)6-9-20(23)28-34-26(22-10-11-33-43-22)27(17-4-7-19(31)8-5-17)36(28)29(41)35-13-12-32-24(38)16-35/h4-11,14,26-27H,12-13,15-16H2,1-3H3,(H,32,38)(H,39,40). The van der Waals surface area contributed by atoms with Crippen LogP contribution in [0.1, 0.15) is 66.5 Å². The van der Waals surface area contributed by atoms with Crippen molar-refractivity contribution in [2.24, 2.45) is 4.99 Å². The number of aliphatic imine (C=N–C) groups is 1. The highest BCUT2D eigenvalue weighted by Crippen LogP contribution is 2.45. The molecule has 2 aliphatic rings. The van der Waals surface area contributed by atoms with Crippen LogP contribution in [0.4, 0.5) is 4.79 Å². The number of rotatable bonds is 7. The van der Waals surface area contributed by atoms with Gasteiger partial charge in [0.15, 0.2) is 11.5 Å². The Balaban J connectivity index is 1.69. The van der Waals surface area contributed by atoms with Gasteiger partial charge in [0.05, 0.1) is 17.8 Å². The summed E-state index contributed by atoms with van der Waals surface area (Å²) in [5.74, 6) is -1.30. The number of ether oxygens (including phenoxy) is 1. The number of hydrogen-bond acceptors (Lipinski definition) is 8. The number of urea groups is 1. The Hall–Kier alpha value is -4.71. The Morgan fingerprint density at radius 2 is 1.88 bits per heavy atom. The van der Waals surface area contributed by atoms with Gasteiger partial charge >= 0.3 is 12.0 Å². The van der Waals surface area contributed by atoms with Crippen LogP contribution < -0.4 is 10.1 Å². The van der Waals surface area contributed by atoms with Gasteiger partial charge in [-0.1, -0.05) is 35.0 Å². The minimum atomic E-state index is -1.25. The normalized spacial score (nSPS) is 18.7. The van der Waals surface area contributed by atoms with Gasteiger partial charge in [0.2, 0.25) is 5.91 Å². The molecule has 3 aromatic rings. The molecule has 2 N–H and O–H groups in total. The summed E-state index contributed by atoms with van der Waals surface area (Å²) in [6.07, 6.45) is 0.795. The summed E-state index contributed by atoms with van der Waals surface area (Å²) >= 11 is 6.20. The number of Topliss-reactive ketones (excluding diaryl/α,β-unsaturated/α-hetero) is 1. The van der Waals surface area contributed by atoms with Gasteiger partial charge in [0, 0.05) is 29.7 Å². The highest BCUT2D eigenvalue weighted by atomic mass is 35.5. The lowest BCUT2D eigenvalue weighted by molar-refractivity contribution is -0.136. The number of carboxylic acids is 1. The molecule has 0 saturated carbocycles. The number of ketones is 1. The van der Waals surface area contributed by atoms with Crippen LogP contribution in [0.15, 0.2) is 64.2 Å².